The average molecular weight is 292 g/mol. The van der Waals surface area contributed by atoms with Crippen LogP contribution in [-0.2, 0) is 14.3 Å². The summed E-state index contributed by atoms with van der Waals surface area (Å²) in [5, 5.41) is 5.63. The number of ether oxygens (including phenoxy) is 2. The topological polar surface area (TPSA) is 76.7 Å². The fourth-order valence-corrected chi connectivity index (χ4v) is 2.11. The lowest BCUT2D eigenvalue weighted by atomic mass is 10.1. The second-order valence-electron chi connectivity index (χ2n) is 4.92. The number of anilines is 1. The van der Waals surface area contributed by atoms with Crippen LogP contribution in [0.1, 0.15) is 32.4 Å². The van der Waals surface area contributed by atoms with Crippen molar-refractivity contribution in [3.8, 4) is 5.75 Å². The molecule has 21 heavy (non-hydrogen) atoms. The van der Waals surface area contributed by atoms with Gasteiger partial charge < -0.3 is 20.1 Å². The van der Waals surface area contributed by atoms with Gasteiger partial charge in [0, 0.05) is 6.61 Å². The van der Waals surface area contributed by atoms with Crippen molar-refractivity contribution in [3.63, 3.8) is 0 Å². The minimum atomic E-state index is -0.488. The third kappa shape index (κ3) is 3.72. The zero-order chi connectivity index (χ0) is 15.4. The molecule has 6 heteroatoms. The van der Waals surface area contributed by atoms with Crippen LogP contribution in [0.25, 0.3) is 0 Å². The number of carbonyl (C=O) groups is 2. The van der Waals surface area contributed by atoms with Gasteiger partial charge in [-0.05, 0) is 38.5 Å². The zero-order valence-corrected chi connectivity index (χ0v) is 12.4. The van der Waals surface area contributed by atoms with Crippen LogP contribution in [0, 0.1) is 0 Å². The first-order valence-electron chi connectivity index (χ1n) is 6.99. The largest absolute Gasteiger partial charge is 0.482 e. The van der Waals surface area contributed by atoms with E-state index in [-0.39, 0.29) is 24.5 Å². The monoisotopic (exact) mass is 292 g/mol. The normalized spacial score (nSPS) is 16.2. The predicted molar refractivity (Wildman–Crippen MR) is 78.2 cm³/mol. The molecule has 0 radical (unpaired) electrons. The molecular formula is C15H20N2O4. The molecule has 2 atom stereocenters. The van der Waals surface area contributed by atoms with Gasteiger partial charge in [0.25, 0.3) is 5.91 Å². The number of hydrogen-bond donors (Lipinski definition) is 2. The molecule has 1 aromatic rings. The minimum absolute atomic E-state index is 0.0322. The van der Waals surface area contributed by atoms with Gasteiger partial charge in [0.2, 0.25) is 5.91 Å². The Balaban J connectivity index is 2.06. The highest BCUT2D eigenvalue weighted by atomic mass is 16.5. The smallest absolute Gasteiger partial charge is 0.262 e. The first-order valence-corrected chi connectivity index (χ1v) is 6.99. The summed E-state index contributed by atoms with van der Waals surface area (Å²) in [6, 6.07) is 5.28. The number of hydrogen-bond acceptors (Lipinski definition) is 4. The van der Waals surface area contributed by atoms with Crippen LogP contribution >= 0.6 is 0 Å². The number of nitrogens with one attached hydrogen (secondary N) is 2. The van der Waals surface area contributed by atoms with Gasteiger partial charge in [0.1, 0.15) is 11.9 Å². The first kappa shape index (κ1) is 15.3. The van der Waals surface area contributed by atoms with E-state index in [0.29, 0.717) is 18.0 Å². The number of rotatable bonds is 5. The molecule has 114 valence electrons. The lowest BCUT2D eigenvalue weighted by Crippen LogP contribution is -2.36. The maximum absolute atomic E-state index is 11.9. The van der Waals surface area contributed by atoms with E-state index < -0.39 is 6.10 Å². The van der Waals surface area contributed by atoms with Gasteiger partial charge in [-0.1, -0.05) is 6.07 Å². The highest BCUT2D eigenvalue weighted by molar-refractivity contribution is 5.95. The molecule has 2 rings (SSSR count). The SMILES string of the molecule is CCO[C@H](C)C(=O)N[C@H](C)c1ccc2c(c1)NC(=O)CO2. The number of benzene rings is 1. The molecule has 2 N–H and O–H groups in total. The highest BCUT2D eigenvalue weighted by Gasteiger charge is 2.19. The van der Waals surface area contributed by atoms with Crippen molar-refractivity contribution in [1.82, 2.24) is 5.32 Å². The lowest BCUT2D eigenvalue weighted by molar-refractivity contribution is -0.132. The Labute approximate surface area is 123 Å². The lowest BCUT2D eigenvalue weighted by Gasteiger charge is -2.22. The number of fused-ring (bicyclic) bond motifs is 1. The maximum Gasteiger partial charge on any atom is 0.262 e. The van der Waals surface area contributed by atoms with Crippen molar-refractivity contribution in [3.05, 3.63) is 23.8 Å². The molecule has 0 bridgehead atoms. The van der Waals surface area contributed by atoms with Gasteiger partial charge in [-0.3, -0.25) is 9.59 Å². The standard InChI is InChI=1S/C15H20N2O4/c1-4-20-10(3)15(19)16-9(2)11-5-6-13-12(7-11)17-14(18)8-21-13/h5-7,9-10H,4,8H2,1-3H3,(H,16,19)(H,17,18)/t9-,10-/m1/s1. The van der Waals surface area contributed by atoms with Gasteiger partial charge in [-0.2, -0.15) is 0 Å². The zero-order valence-electron chi connectivity index (χ0n) is 12.4. The van der Waals surface area contributed by atoms with Crippen molar-refractivity contribution < 1.29 is 19.1 Å². The Kier molecular flexibility index (Phi) is 4.80. The third-order valence-electron chi connectivity index (χ3n) is 3.28. The molecule has 2 amide bonds. The number of amides is 2. The van der Waals surface area contributed by atoms with Gasteiger partial charge in [-0.25, -0.2) is 0 Å². The van der Waals surface area contributed by atoms with Crippen LogP contribution in [0.3, 0.4) is 0 Å². The second-order valence-corrected chi connectivity index (χ2v) is 4.92. The Morgan fingerprint density at radius 3 is 2.95 bits per heavy atom. The predicted octanol–water partition coefficient (Wildman–Crippen LogP) is 1.62. The minimum Gasteiger partial charge on any atom is -0.482 e. The van der Waals surface area contributed by atoms with E-state index >= 15 is 0 Å². The molecule has 0 saturated carbocycles. The average Bonchev–Trinajstić information content (AvgIpc) is 2.46. The summed E-state index contributed by atoms with van der Waals surface area (Å²) in [6.07, 6.45) is -0.488. The van der Waals surface area contributed by atoms with Crippen molar-refractivity contribution in [2.75, 3.05) is 18.5 Å². The highest BCUT2D eigenvalue weighted by Crippen LogP contribution is 2.30. The van der Waals surface area contributed by atoms with E-state index in [4.69, 9.17) is 9.47 Å². The Morgan fingerprint density at radius 1 is 1.48 bits per heavy atom. The molecule has 1 heterocycles. The molecule has 1 aliphatic heterocycles. The fourth-order valence-electron chi connectivity index (χ4n) is 2.11. The van der Waals surface area contributed by atoms with E-state index in [2.05, 4.69) is 10.6 Å². The van der Waals surface area contributed by atoms with E-state index in [1.807, 2.05) is 26.0 Å². The van der Waals surface area contributed by atoms with Crippen LogP contribution in [0.4, 0.5) is 5.69 Å². The van der Waals surface area contributed by atoms with Crippen LogP contribution in [0.5, 0.6) is 5.75 Å². The van der Waals surface area contributed by atoms with E-state index in [0.717, 1.165) is 5.56 Å². The first-order chi connectivity index (χ1) is 10.0. The molecule has 1 aromatic carbocycles. The molecule has 0 spiro atoms. The quantitative estimate of drug-likeness (QED) is 0.864. The molecule has 1 aliphatic rings. The molecule has 0 unspecified atom stereocenters. The van der Waals surface area contributed by atoms with Crippen LogP contribution in [0.2, 0.25) is 0 Å². The molecule has 0 aromatic heterocycles. The maximum atomic E-state index is 11.9. The molecule has 0 saturated heterocycles. The number of carbonyl (C=O) groups excluding carboxylic acids is 2. The van der Waals surface area contributed by atoms with Crippen LogP contribution in [-0.4, -0.2) is 31.1 Å². The van der Waals surface area contributed by atoms with Crippen LogP contribution < -0.4 is 15.4 Å². The van der Waals surface area contributed by atoms with Crippen molar-refractivity contribution >= 4 is 17.5 Å². The van der Waals surface area contributed by atoms with E-state index in [1.54, 1.807) is 13.0 Å². The summed E-state index contributed by atoms with van der Waals surface area (Å²) >= 11 is 0. The molecule has 0 fully saturated rings. The van der Waals surface area contributed by atoms with Crippen molar-refractivity contribution in [1.29, 1.82) is 0 Å². The Morgan fingerprint density at radius 2 is 2.24 bits per heavy atom. The summed E-state index contributed by atoms with van der Waals surface area (Å²) in [5.41, 5.74) is 1.51. The molecule has 6 nitrogen and oxygen atoms in total. The summed E-state index contributed by atoms with van der Waals surface area (Å²) in [7, 11) is 0. The third-order valence-corrected chi connectivity index (χ3v) is 3.28. The van der Waals surface area contributed by atoms with E-state index in [1.165, 1.54) is 0 Å². The Bertz CT molecular complexity index is 544. The second kappa shape index (κ2) is 6.58. The van der Waals surface area contributed by atoms with Gasteiger partial charge in [0.15, 0.2) is 6.61 Å². The fraction of sp³-hybridized carbons (Fsp3) is 0.467. The summed E-state index contributed by atoms with van der Waals surface area (Å²) in [4.78, 5) is 23.3. The molecular weight excluding hydrogens is 272 g/mol. The van der Waals surface area contributed by atoms with Crippen molar-refractivity contribution in [2.24, 2.45) is 0 Å². The van der Waals surface area contributed by atoms with E-state index in [9.17, 15) is 9.59 Å². The summed E-state index contributed by atoms with van der Waals surface area (Å²) in [5.74, 6) is 0.295. The summed E-state index contributed by atoms with van der Waals surface area (Å²) in [6.45, 7) is 5.96. The molecule has 0 aliphatic carbocycles. The van der Waals surface area contributed by atoms with Gasteiger partial charge in [-0.15, -0.1) is 0 Å². The van der Waals surface area contributed by atoms with Crippen LogP contribution in [0.15, 0.2) is 18.2 Å². The summed E-state index contributed by atoms with van der Waals surface area (Å²) < 4.78 is 10.6. The van der Waals surface area contributed by atoms with Crippen molar-refractivity contribution in [2.45, 2.75) is 32.9 Å². The Hall–Kier alpha value is -2.08. The van der Waals surface area contributed by atoms with Gasteiger partial charge >= 0.3 is 0 Å². The van der Waals surface area contributed by atoms with Gasteiger partial charge in [0.05, 0.1) is 11.7 Å².